The average Bonchev–Trinajstić information content (AvgIpc) is 3.39. The maximum atomic E-state index is 12.6. The summed E-state index contributed by atoms with van der Waals surface area (Å²) >= 11 is 0. The van der Waals surface area contributed by atoms with Crippen LogP contribution in [0.25, 0.3) is 0 Å². The van der Waals surface area contributed by atoms with Crippen molar-refractivity contribution < 1.29 is 9.72 Å². The van der Waals surface area contributed by atoms with Gasteiger partial charge in [-0.3, -0.25) is 14.9 Å². The summed E-state index contributed by atoms with van der Waals surface area (Å²) in [6.45, 7) is 2.86. The highest BCUT2D eigenvalue weighted by Crippen LogP contribution is 2.13. The maximum Gasteiger partial charge on any atom is 0.269 e. The first-order valence-electron chi connectivity index (χ1n) is 9.12. The predicted octanol–water partition coefficient (Wildman–Crippen LogP) is 2.41. The molecular formula is C20H17N7O3. The molecular weight excluding hydrogens is 386 g/mol. The number of rotatable bonds is 7. The number of non-ortho nitro benzene ring substituents is 1. The molecule has 0 fully saturated rings. The topological polar surface area (TPSA) is 122 Å². The first-order valence-corrected chi connectivity index (χ1v) is 9.12. The second-order valence-electron chi connectivity index (χ2n) is 6.84. The first kappa shape index (κ1) is 19.1. The zero-order chi connectivity index (χ0) is 21.1. The molecule has 0 N–H and O–H groups in total. The molecule has 4 aromatic rings. The summed E-state index contributed by atoms with van der Waals surface area (Å²) in [5.74, 6) is -0.375. The fourth-order valence-electron chi connectivity index (χ4n) is 2.88. The van der Waals surface area contributed by atoms with Crippen molar-refractivity contribution in [3.63, 3.8) is 0 Å². The molecule has 0 spiro atoms. The molecule has 0 saturated heterocycles. The van der Waals surface area contributed by atoms with Gasteiger partial charge in [-0.1, -0.05) is 52.4 Å². The number of carbonyl (C=O) groups excluding carboxylic acids is 1. The van der Waals surface area contributed by atoms with E-state index in [-0.39, 0.29) is 22.9 Å². The van der Waals surface area contributed by atoms with Crippen LogP contribution in [0.3, 0.4) is 0 Å². The molecule has 2 aromatic heterocycles. The Morgan fingerprint density at radius 3 is 1.80 bits per heavy atom. The number of hydrogen-bond donors (Lipinski definition) is 0. The van der Waals surface area contributed by atoms with E-state index in [0.29, 0.717) is 13.1 Å². The van der Waals surface area contributed by atoms with E-state index in [0.717, 1.165) is 11.1 Å². The van der Waals surface area contributed by atoms with Crippen LogP contribution in [0.4, 0.5) is 5.69 Å². The van der Waals surface area contributed by atoms with Gasteiger partial charge in [-0.2, -0.15) is 0 Å². The lowest BCUT2D eigenvalue weighted by Crippen LogP contribution is -2.03. The SMILES string of the molecule is Cc1ccc(Cn2cc(C(=O)c3cn(Cc4ccc([N+](=O)[O-])cc4)nn3)nn2)cc1. The molecule has 0 saturated carbocycles. The van der Waals surface area contributed by atoms with Crippen LogP contribution < -0.4 is 0 Å². The van der Waals surface area contributed by atoms with E-state index in [1.54, 1.807) is 23.0 Å². The van der Waals surface area contributed by atoms with Crippen LogP contribution in [0, 0.1) is 17.0 Å². The first-order chi connectivity index (χ1) is 14.5. The molecule has 0 bridgehead atoms. The second-order valence-corrected chi connectivity index (χ2v) is 6.84. The molecule has 2 heterocycles. The highest BCUT2D eigenvalue weighted by Gasteiger charge is 2.17. The van der Waals surface area contributed by atoms with E-state index < -0.39 is 4.92 Å². The molecule has 10 heteroatoms. The van der Waals surface area contributed by atoms with Crippen molar-refractivity contribution in [1.29, 1.82) is 0 Å². The number of aromatic nitrogens is 6. The van der Waals surface area contributed by atoms with E-state index in [4.69, 9.17) is 0 Å². The van der Waals surface area contributed by atoms with E-state index in [9.17, 15) is 14.9 Å². The van der Waals surface area contributed by atoms with Gasteiger partial charge in [0.2, 0.25) is 5.78 Å². The minimum atomic E-state index is -0.456. The van der Waals surface area contributed by atoms with Crippen molar-refractivity contribution in [3.05, 3.63) is 99.1 Å². The Morgan fingerprint density at radius 1 is 0.867 bits per heavy atom. The third-order valence-electron chi connectivity index (χ3n) is 4.50. The smallest absolute Gasteiger partial charge is 0.269 e. The molecule has 0 aliphatic heterocycles. The van der Waals surface area contributed by atoms with Crippen LogP contribution >= 0.6 is 0 Å². The molecule has 0 radical (unpaired) electrons. The van der Waals surface area contributed by atoms with E-state index in [2.05, 4.69) is 20.6 Å². The molecule has 2 aromatic carbocycles. The minimum absolute atomic E-state index is 0.0157. The van der Waals surface area contributed by atoms with Gasteiger partial charge >= 0.3 is 0 Å². The van der Waals surface area contributed by atoms with Gasteiger partial charge in [0.1, 0.15) is 0 Å². The minimum Gasteiger partial charge on any atom is -0.285 e. The molecule has 0 atom stereocenters. The number of nitrogens with zero attached hydrogens (tertiary/aromatic N) is 7. The summed E-state index contributed by atoms with van der Waals surface area (Å²) in [7, 11) is 0. The number of benzene rings is 2. The van der Waals surface area contributed by atoms with E-state index >= 15 is 0 Å². The largest absolute Gasteiger partial charge is 0.285 e. The predicted molar refractivity (Wildman–Crippen MR) is 106 cm³/mol. The Morgan fingerprint density at radius 2 is 1.33 bits per heavy atom. The third kappa shape index (κ3) is 4.27. The molecule has 4 rings (SSSR count). The number of ketones is 1. The standard InChI is InChI=1S/C20H17N7O3/c1-14-2-4-15(5-3-14)10-25-12-18(21-23-25)20(28)19-13-26(24-22-19)11-16-6-8-17(9-7-16)27(29)30/h2-9,12-13H,10-11H2,1H3. The Bertz CT molecular complexity index is 1190. The van der Waals surface area contributed by atoms with Crippen molar-refractivity contribution in [3.8, 4) is 0 Å². The normalized spacial score (nSPS) is 10.8. The summed E-state index contributed by atoms with van der Waals surface area (Å²) in [6.07, 6.45) is 3.10. The van der Waals surface area contributed by atoms with Gasteiger partial charge in [0.15, 0.2) is 11.4 Å². The number of carbonyl (C=O) groups is 1. The third-order valence-corrected chi connectivity index (χ3v) is 4.50. The number of nitro groups is 1. The van der Waals surface area contributed by atoms with Crippen LogP contribution in [0.1, 0.15) is 32.9 Å². The number of hydrogen-bond acceptors (Lipinski definition) is 7. The Labute approximate surface area is 170 Å². The van der Waals surface area contributed by atoms with Crippen LogP contribution in [0.5, 0.6) is 0 Å². The van der Waals surface area contributed by atoms with Crippen molar-refractivity contribution >= 4 is 11.5 Å². The fraction of sp³-hybridized carbons (Fsp3) is 0.150. The highest BCUT2D eigenvalue weighted by molar-refractivity contribution is 6.05. The van der Waals surface area contributed by atoms with Crippen molar-refractivity contribution in [1.82, 2.24) is 30.0 Å². The monoisotopic (exact) mass is 403 g/mol. The lowest BCUT2D eigenvalue weighted by molar-refractivity contribution is -0.384. The Hall–Kier alpha value is -4.21. The zero-order valence-electron chi connectivity index (χ0n) is 16.0. The van der Waals surface area contributed by atoms with Gasteiger partial charge in [-0.15, -0.1) is 10.2 Å². The zero-order valence-corrected chi connectivity index (χ0v) is 16.0. The van der Waals surface area contributed by atoms with Crippen molar-refractivity contribution in [2.24, 2.45) is 0 Å². The molecule has 0 aliphatic rings. The average molecular weight is 403 g/mol. The molecule has 150 valence electrons. The lowest BCUT2D eigenvalue weighted by atomic mass is 10.1. The Balaban J connectivity index is 1.43. The number of nitro benzene ring substituents is 1. The summed E-state index contributed by atoms with van der Waals surface area (Å²) < 4.78 is 3.09. The lowest BCUT2D eigenvalue weighted by Gasteiger charge is -2.01. The molecule has 0 amide bonds. The molecule has 0 aliphatic carbocycles. The van der Waals surface area contributed by atoms with Gasteiger partial charge in [0.25, 0.3) is 5.69 Å². The van der Waals surface area contributed by atoms with Gasteiger partial charge in [0, 0.05) is 12.1 Å². The summed E-state index contributed by atoms with van der Waals surface area (Å²) in [6, 6.07) is 14.2. The molecule has 10 nitrogen and oxygen atoms in total. The van der Waals surface area contributed by atoms with Crippen molar-refractivity contribution in [2.45, 2.75) is 20.0 Å². The van der Waals surface area contributed by atoms with Gasteiger partial charge < -0.3 is 0 Å². The van der Waals surface area contributed by atoms with E-state index in [1.165, 1.54) is 28.6 Å². The second kappa shape index (κ2) is 8.03. The fourth-order valence-corrected chi connectivity index (χ4v) is 2.88. The van der Waals surface area contributed by atoms with Gasteiger partial charge in [-0.25, -0.2) is 9.36 Å². The molecule has 0 unspecified atom stereocenters. The molecule has 30 heavy (non-hydrogen) atoms. The van der Waals surface area contributed by atoms with E-state index in [1.807, 2.05) is 31.2 Å². The summed E-state index contributed by atoms with van der Waals surface area (Å²) in [5.41, 5.74) is 3.38. The van der Waals surface area contributed by atoms with Crippen LogP contribution in [0.2, 0.25) is 0 Å². The van der Waals surface area contributed by atoms with Crippen LogP contribution in [0.15, 0.2) is 60.9 Å². The maximum absolute atomic E-state index is 12.6. The summed E-state index contributed by atoms with van der Waals surface area (Å²) in [5, 5.41) is 26.6. The quantitative estimate of drug-likeness (QED) is 0.264. The summed E-state index contributed by atoms with van der Waals surface area (Å²) in [4.78, 5) is 22.9. The highest BCUT2D eigenvalue weighted by atomic mass is 16.6. The van der Waals surface area contributed by atoms with Crippen molar-refractivity contribution in [2.75, 3.05) is 0 Å². The van der Waals surface area contributed by atoms with Crippen LogP contribution in [-0.2, 0) is 13.1 Å². The Kier molecular flexibility index (Phi) is 5.12. The van der Waals surface area contributed by atoms with Crippen LogP contribution in [-0.4, -0.2) is 40.7 Å². The number of aryl methyl sites for hydroxylation is 1. The van der Waals surface area contributed by atoms with Gasteiger partial charge in [-0.05, 0) is 18.1 Å². The van der Waals surface area contributed by atoms with Gasteiger partial charge in [0.05, 0.1) is 30.4 Å².